The average molecular weight is 234 g/mol. The van der Waals surface area contributed by atoms with Crippen molar-refractivity contribution in [3.63, 3.8) is 0 Å². The van der Waals surface area contributed by atoms with Gasteiger partial charge in [-0.1, -0.05) is 6.92 Å². The Morgan fingerprint density at radius 3 is 2.88 bits per heavy atom. The molecule has 2 N–H and O–H groups in total. The van der Waals surface area contributed by atoms with Crippen LogP contribution in [0.15, 0.2) is 12.4 Å². The second-order valence-corrected chi connectivity index (χ2v) is 3.66. The molecule has 90 valence electrons. The van der Waals surface area contributed by atoms with Crippen LogP contribution in [-0.2, 0) is 13.0 Å². The van der Waals surface area contributed by atoms with E-state index < -0.39 is 0 Å². The number of H-pyrrole nitrogens is 2. The van der Waals surface area contributed by atoms with Gasteiger partial charge in [0, 0.05) is 25.9 Å². The maximum Gasteiger partial charge on any atom is 0.293 e. The molecule has 2 aromatic heterocycles. The molecule has 0 fully saturated rings. The van der Waals surface area contributed by atoms with Gasteiger partial charge >= 0.3 is 0 Å². The Kier molecular flexibility index (Phi) is 3.17. The fraction of sp³-hybridized carbons (Fsp3) is 0.400. The third kappa shape index (κ3) is 2.49. The van der Waals surface area contributed by atoms with E-state index in [1.54, 1.807) is 19.4 Å². The van der Waals surface area contributed by atoms with Crippen molar-refractivity contribution in [1.29, 1.82) is 0 Å². The van der Waals surface area contributed by atoms with Gasteiger partial charge in [-0.05, 0) is 0 Å². The molecule has 2 aromatic rings. The van der Waals surface area contributed by atoms with Crippen LogP contribution in [-0.4, -0.2) is 43.0 Å². The van der Waals surface area contributed by atoms with Gasteiger partial charge in [-0.3, -0.25) is 9.89 Å². The third-order valence-electron chi connectivity index (χ3n) is 2.35. The number of amides is 1. The second kappa shape index (κ2) is 4.77. The third-order valence-corrected chi connectivity index (χ3v) is 2.35. The van der Waals surface area contributed by atoms with Crippen LogP contribution >= 0.6 is 0 Å². The molecular weight excluding hydrogens is 220 g/mol. The van der Waals surface area contributed by atoms with Crippen LogP contribution < -0.4 is 0 Å². The molecule has 0 unspecified atom stereocenters. The summed E-state index contributed by atoms with van der Waals surface area (Å²) >= 11 is 0. The Hall–Kier alpha value is -2.18. The highest BCUT2D eigenvalue weighted by Crippen LogP contribution is 2.02. The first kappa shape index (κ1) is 11.3. The molecular formula is C10H14N6O. The fourth-order valence-electron chi connectivity index (χ4n) is 1.40. The number of aromatic nitrogens is 5. The van der Waals surface area contributed by atoms with Crippen molar-refractivity contribution in [2.45, 2.75) is 19.9 Å². The lowest BCUT2D eigenvalue weighted by Crippen LogP contribution is -2.27. The van der Waals surface area contributed by atoms with Crippen molar-refractivity contribution in [2.24, 2.45) is 0 Å². The summed E-state index contributed by atoms with van der Waals surface area (Å²) in [4.78, 5) is 24.5. The molecule has 0 atom stereocenters. The van der Waals surface area contributed by atoms with Crippen LogP contribution in [0, 0.1) is 0 Å². The molecule has 0 bridgehead atoms. The molecule has 0 aliphatic rings. The molecule has 0 radical (unpaired) electrons. The van der Waals surface area contributed by atoms with E-state index in [0.717, 1.165) is 12.2 Å². The molecule has 0 saturated heterocycles. The number of nitrogens with one attached hydrogen (secondary N) is 2. The molecule has 7 nitrogen and oxygen atoms in total. The topological polar surface area (TPSA) is 90.6 Å². The molecule has 2 rings (SSSR count). The summed E-state index contributed by atoms with van der Waals surface area (Å²) in [6.07, 6.45) is 4.09. The number of rotatable bonds is 4. The molecule has 0 aliphatic carbocycles. The summed E-state index contributed by atoms with van der Waals surface area (Å²) < 4.78 is 0. The van der Waals surface area contributed by atoms with Gasteiger partial charge in [-0.2, -0.15) is 0 Å². The summed E-state index contributed by atoms with van der Waals surface area (Å²) in [6.45, 7) is 2.35. The largest absolute Gasteiger partial charge is 0.347 e. The Bertz CT molecular complexity index is 489. The Morgan fingerprint density at radius 1 is 1.47 bits per heavy atom. The number of nitrogens with zero attached hydrogens (tertiary/aromatic N) is 4. The van der Waals surface area contributed by atoms with Crippen molar-refractivity contribution >= 4 is 5.91 Å². The molecule has 0 spiro atoms. The first-order chi connectivity index (χ1) is 8.20. The van der Waals surface area contributed by atoms with E-state index in [0.29, 0.717) is 12.4 Å². The van der Waals surface area contributed by atoms with Crippen LogP contribution in [0.4, 0.5) is 0 Å². The standard InChI is InChI=1S/C10H14N6O/c1-3-7-13-9(15-14-7)10(17)16(2)6-8-11-4-5-12-8/h4-5H,3,6H2,1-2H3,(H,11,12)(H,13,14,15). The average Bonchev–Trinajstić information content (AvgIpc) is 2.98. The van der Waals surface area contributed by atoms with Gasteiger partial charge in [0.2, 0.25) is 5.82 Å². The summed E-state index contributed by atoms with van der Waals surface area (Å²) in [7, 11) is 1.69. The highest BCUT2D eigenvalue weighted by molar-refractivity contribution is 5.90. The zero-order chi connectivity index (χ0) is 12.3. The molecule has 7 heteroatoms. The number of aryl methyl sites for hydroxylation is 1. The summed E-state index contributed by atoms with van der Waals surface area (Å²) in [6, 6.07) is 0. The van der Waals surface area contributed by atoms with Crippen LogP contribution in [0.1, 0.15) is 29.2 Å². The molecule has 0 aliphatic heterocycles. The van der Waals surface area contributed by atoms with Crippen molar-refractivity contribution < 1.29 is 4.79 Å². The van der Waals surface area contributed by atoms with Crippen molar-refractivity contribution in [2.75, 3.05) is 7.05 Å². The van der Waals surface area contributed by atoms with Gasteiger partial charge in [0.05, 0.1) is 6.54 Å². The predicted molar refractivity (Wildman–Crippen MR) is 60.1 cm³/mol. The molecule has 0 saturated carbocycles. The number of hydrogen-bond donors (Lipinski definition) is 2. The second-order valence-electron chi connectivity index (χ2n) is 3.66. The Labute approximate surface area is 98.3 Å². The number of carbonyl (C=O) groups is 1. The minimum Gasteiger partial charge on any atom is -0.347 e. The lowest BCUT2D eigenvalue weighted by Gasteiger charge is -2.12. The Balaban J connectivity index is 2.04. The smallest absolute Gasteiger partial charge is 0.293 e. The van der Waals surface area contributed by atoms with Crippen LogP contribution in [0.2, 0.25) is 0 Å². The minimum atomic E-state index is -0.225. The minimum absolute atomic E-state index is 0.191. The number of aromatic amines is 2. The monoisotopic (exact) mass is 234 g/mol. The van der Waals surface area contributed by atoms with E-state index in [1.165, 1.54) is 4.90 Å². The maximum absolute atomic E-state index is 11.9. The number of imidazole rings is 1. The van der Waals surface area contributed by atoms with Crippen molar-refractivity contribution in [1.82, 2.24) is 30.0 Å². The van der Waals surface area contributed by atoms with Gasteiger partial charge < -0.3 is 9.88 Å². The van der Waals surface area contributed by atoms with Crippen LogP contribution in [0.5, 0.6) is 0 Å². The normalized spacial score (nSPS) is 10.5. The van der Waals surface area contributed by atoms with E-state index in [1.807, 2.05) is 6.92 Å². The molecule has 0 aromatic carbocycles. The number of carbonyl (C=O) groups excluding carboxylic acids is 1. The first-order valence-electron chi connectivity index (χ1n) is 5.35. The zero-order valence-electron chi connectivity index (χ0n) is 9.77. The quantitative estimate of drug-likeness (QED) is 0.799. The van der Waals surface area contributed by atoms with E-state index in [4.69, 9.17) is 0 Å². The molecule has 1 amide bonds. The van der Waals surface area contributed by atoms with Gasteiger partial charge in [-0.15, -0.1) is 5.10 Å². The molecule has 17 heavy (non-hydrogen) atoms. The fourth-order valence-corrected chi connectivity index (χ4v) is 1.40. The predicted octanol–water partition coefficient (Wildman–Crippen LogP) is 0.362. The van der Waals surface area contributed by atoms with E-state index in [2.05, 4.69) is 25.1 Å². The van der Waals surface area contributed by atoms with Gasteiger partial charge in [0.25, 0.3) is 5.91 Å². The van der Waals surface area contributed by atoms with Crippen molar-refractivity contribution in [3.8, 4) is 0 Å². The lowest BCUT2D eigenvalue weighted by atomic mass is 10.4. The van der Waals surface area contributed by atoms with E-state index >= 15 is 0 Å². The van der Waals surface area contributed by atoms with Crippen LogP contribution in [0.3, 0.4) is 0 Å². The summed E-state index contributed by atoms with van der Waals surface area (Å²) in [5.41, 5.74) is 0. The van der Waals surface area contributed by atoms with Gasteiger partial charge in [-0.25, -0.2) is 9.97 Å². The number of hydrogen-bond acceptors (Lipinski definition) is 4. The first-order valence-corrected chi connectivity index (χ1v) is 5.35. The summed E-state index contributed by atoms with van der Waals surface area (Å²) in [5, 5.41) is 6.60. The lowest BCUT2D eigenvalue weighted by molar-refractivity contribution is 0.0770. The van der Waals surface area contributed by atoms with E-state index in [-0.39, 0.29) is 11.7 Å². The van der Waals surface area contributed by atoms with Gasteiger partial charge in [0.1, 0.15) is 11.6 Å². The Morgan fingerprint density at radius 2 is 2.29 bits per heavy atom. The summed E-state index contributed by atoms with van der Waals surface area (Å²) in [5.74, 6) is 1.40. The van der Waals surface area contributed by atoms with Crippen molar-refractivity contribution in [3.05, 3.63) is 29.9 Å². The maximum atomic E-state index is 11.9. The highest BCUT2D eigenvalue weighted by atomic mass is 16.2. The highest BCUT2D eigenvalue weighted by Gasteiger charge is 2.17. The van der Waals surface area contributed by atoms with Crippen LogP contribution in [0.25, 0.3) is 0 Å². The zero-order valence-corrected chi connectivity index (χ0v) is 9.77. The SMILES string of the molecule is CCc1nc(C(=O)N(C)Cc2ncc[nH]2)n[nH]1. The van der Waals surface area contributed by atoms with E-state index in [9.17, 15) is 4.79 Å². The molecule has 2 heterocycles. The van der Waals surface area contributed by atoms with Gasteiger partial charge in [0.15, 0.2) is 0 Å².